The molecule has 1 aliphatic heterocycles. The number of aliphatic hydroxyl groups is 1. The first-order valence-corrected chi connectivity index (χ1v) is 4.28. The summed E-state index contributed by atoms with van der Waals surface area (Å²) in [6.45, 7) is 4.31. The van der Waals surface area contributed by atoms with Crippen molar-refractivity contribution in [3.63, 3.8) is 0 Å². The Labute approximate surface area is 79.9 Å². The third kappa shape index (κ3) is 4.26. The lowest BCUT2D eigenvalue weighted by molar-refractivity contribution is -0.0304. The van der Waals surface area contributed by atoms with Crippen molar-refractivity contribution in [3.8, 4) is 0 Å². The van der Waals surface area contributed by atoms with Crippen LogP contribution in [0.2, 0.25) is 0 Å². The summed E-state index contributed by atoms with van der Waals surface area (Å²) in [4.78, 5) is 0. The highest BCUT2D eigenvalue weighted by molar-refractivity contribution is 5.85. The van der Waals surface area contributed by atoms with E-state index < -0.39 is 0 Å². The van der Waals surface area contributed by atoms with Gasteiger partial charge in [0, 0.05) is 13.2 Å². The van der Waals surface area contributed by atoms with Crippen molar-refractivity contribution >= 4 is 12.4 Å². The van der Waals surface area contributed by atoms with Crippen LogP contribution in [0.4, 0.5) is 0 Å². The van der Waals surface area contributed by atoms with Crippen LogP contribution in [-0.2, 0) is 4.74 Å². The topological polar surface area (TPSA) is 41.5 Å². The van der Waals surface area contributed by atoms with Crippen LogP contribution in [0, 0.1) is 5.92 Å². The van der Waals surface area contributed by atoms with Gasteiger partial charge < -0.3 is 9.84 Å². The van der Waals surface area contributed by atoms with E-state index in [1.54, 1.807) is 0 Å². The molecular formula is C8H18ClNO2. The summed E-state index contributed by atoms with van der Waals surface area (Å²) in [5.74, 6) is 0.625. The lowest BCUT2D eigenvalue weighted by Crippen LogP contribution is -2.42. The van der Waals surface area contributed by atoms with E-state index in [-0.39, 0.29) is 25.2 Å². The van der Waals surface area contributed by atoms with Crippen LogP contribution in [0.5, 0.6) is 0 Å². The summed E-state index contributed by atoms with van der Waals surface area (Å²) in [5.41, 5.74) is 0. The molecule has 2 N–H and O–H groups in total. The van der Waals surface area contributed by atoms with Gasteiger partial charge in [0.15, 0.2) is 0 Å². The monoisotopic (exact) mass is 195 g/mol. The molecule has 3 nitrogen and oxygen atoms in total. The van der Waals surface area contributed by atoms with Crippen LogP contribution in [0.15, 0.2) is 0 Å². The zero-order valence-electron chi connectivity index (χ0n) is 7.45. The lowest BCUT2D eigenvalue weighted by atomic mass is 10.1. The average Bonchev–Trinajstić information content (AvgIpc) is 2.04. The van der Waals surface area contributed by atoms with Crippen molar-refractivity contribution in [1.29, 1.82) is 0 Å². The molecule has 0 amide bonds. The predicted molar refractivity (Wildman–Crippen MR) is 50.5 cm³/mol. The van der Waals surface area contributed by atoms with Gasteiger partial charge in [-0.05, 0) is 18.8 Å². The van der Waals surface area contributed by atoms with Crippen LogP contribution >= 0.6 is 12.4 Å². The van der Waals surface area contributed by atoms with Crippen molar-refractivity contribution in [1.82, 2.24) is 5.32 Å². The molecule has 12 heavy (non-hydrogen) atoms. The SMILES string of the molecule is CC1CNC(CCCO)OC1.Cl. The maximum Gasteiger partial charge on any atom is 0.108 e. The van der Waals surface area contributed by atoms with Crippen LogP contribution in [0.25, 0.3) is 0 Å². The first kappa shape index (κ1) is 12.2. The number of nitrogens with one attached hydrogen (secondary N) is 1. The number of ether oxygens (including phenoxy) is 1. The van der Waals surface area contributed by atoms with Crippen LogP contribution in [0.1, 0.15) is 19.8 Å². The van der Waals surface area contributed by atoms with Crippen molar-refractivity contribution in [2.45, 2.75) is 26.0 Å². The van der Waals surface area contributed by atoms with E-state index >= 15 is 0 Å². The Kier molecular flexibility index (Phi) is 6.76. The highest BCUT2D eigenvalue weighted by atomic mass is 35.5. The lowest BCUT2D eigenvalue weighted by Gasteiger charge is -2.28. The Morgan fingerprint density at radius 3 is 2.83 bits per heavy atom. The third-order valence-electron chi connectivity index (χ3n) is 1.90. The summed E-state index contributed by atoms with van der Waals surface area (Å²) in [6.07, 6.45) is 1.92. The second-order valence-corrected chi connectivity index (χ2v) is 3.20. The Morgan fingerprint density at radius 1 is 1.58 bits per heavy atom. The number of hydrogen-bond acceptors (Lipinski definition) is 3. The summed E-state index contributed by atoms with van der Waals surface area (Å²) in [7, 11) is 0. The van der Waals surface area contributed by atoms with Crippen molar-refractivity contribution in [2.24, 2.45) is 5.92 Å². The fourth-order valence-electron chi connectivity index (χ4n) is 1.19. The Bertz CT molecular complexity index is 102. The number of halogens is 1. The minimum absolute atomic E-state index is 0. The molecule has 1 heterocycles. The summed E-state index contributed by atoms with van der Waals surface area (Å²) in [5, 5.41) is 11.8. The molecule has 1 saturated heterocycles. The van der Waals surface area contributed by atoms with Gasteiger partial charge in [-0.1, -0.05) is 6.92 Å². The molecule has 2 unspecified atom stereocenters. The molecule has 0 saturated carbocycles. The number of aliphatic hydroxyl groups excluding tert-OH is 1. The highest BCUT2D eigenvalue weighted by Crippen LogP contribution is 2.08. The average molecular weight is 196 g/mol. The molecule has 0 aromatic heterocycles. The summed E-state index contributed by atoms with van der Waals surface area (Å²) in [6, 6.07) is 0. The van der Waals surface area contributed by atoms with Crippen molar-refractivity contribution in [2.75, 3.05) is 19.8 Å². The van der Waals surface area contributed by atoms with Crippen molar-refractivity contribution in [3.05, 3.63) is 0 Å². The molecular weight excluding hydrogens is 178 g/mol. The molecule has 1 aliphatic rings. The van der Waals surface area contributed by atoms with E-state index in [0.29, 0.717) is 5.92 Å². The van der Waals surface area contributed by atoms with Crippen LogP contribution in [0.3, 0.4) is 0 Å². The van der Waals surface area contributed by atoms with Gasteiger partial charge in [0.05, 0.1) is 6.61 Å². The molecule has 0 bridgehead atoms. The minimum Gasteiger partial charge on any atom is -0.396 e. The molecule has 0 spiro atoms. The first-order valence-electron chi connectivity index (χ1n) is 4.28. The van der Waals surface area contributed by atoms with Gasteiger partial charge in [0.25, 0.3) is 0 Å². The van der Waals surface area contributed by atoms with Gasteiger partial charge in [-0.2, -0.15) is 0 Å². The first-order chi connectivity index (χ1) is 5.33. The van der Waals surface area contributed by atoms with E-state index in [9.17, 15) is 0 Å². The van der Waals surface area contributed by atoms with E-state index in [1.807, 2.05) is 0 Å². The van der Waals surface area contributed by atoms with Gasteiger partial charge in [0.1, 0.15) is 6.23 Å². The molecule has 1 rings (SSSR count). The zero-order valence-corrected chi connectivity index (χ0v) is 8.27. The standard InChI is InChI=1S/C8H17NO2.ClH/c1-7-5-9-8(11-6-7)3-2-4-10;/h7-10H,2-6H2,1H3;1H. The quantitative estimate of drug-likeness (QED) is 0.699. The highest BCUT2D eigenvalue weighted by Gasteiger charge is 2.16. The molecule has 2 atom stereocenters. The van der Waals surface area contributed by atoms with E-state index in [2.05, 4.69) is 12.2 Å². The van der Waals surface area contributed by atoms with Gasteiger partial charge in [-0.3, -0.25) is 5.32 Å². The molecule has 0 radical (unpaired) electrons. The molecule has 4 heteroatoms. The van der Waals surface area contributed by atoms with Gasteiger partial charge in [0.2, 0.25) is 0 Å². The molecule has 0 aromatic carbocycles. The smallest absolute Gasteiger partial charge is 0.108 e. The fourth-order valence-corrected chi connectivity index (χ4v) is 1.19. The van der Waals surface area contributed by atoms with E-state index in [0.717, 1.165) is 26.0 Å². The predicted octanol–water partition coefficient (Wildman–Crippen LogP) is 0.763. The second-order valence-electron chi connectivity index (χ2n) is 3.20. The number of rotatable bonds is 3. The molecule has 1 fully saturated rings. The second kappa shape index (κ2) is 6.66. The van der Waals surface area contributed by atoms with Gasteiger partial charge in [-0.25, -0.2) is 0 Å². The maximum atomic E-state index is 8.57. The van der Waals surface area contributed by atoms with Crippen LogP contribution < -0.4 is 5.32 Å². The normalized spacial score (nSPS) is 29.5. The molecule has 0 aromatic rings. The Balaban J connectivity index is 0.00000121. The summed E-state index contributed by atoms with van der Waals surface area (Å²) < 4.78 is 5.47. The zero-order chi connectivity index (χ0) is 8.10. The molecule has 74 valence electrons. The third-order valence-corrected chi connectivity index (χ3v) is 1.90. The minimum atomic E-state index is 0. The fraction of sp³-hybridized carbons (Fsp3) is 1.00. The number of hydrogen-bond donors (Lipinski definition) is 2. The Hall–Kier alpha value is 0.170. The van der Waals surface area contributed by atoms with E-state index in [4.69, 9.17) is 9.84 Å². The van der Waals surface area contributed by atoms with Crippen molar-refractivity contribution < 1.29 is 9.84 Å². The maximum absolute atomic E-state index is 8.57. The summed E-state index contributed by atoms with van der Waals surface area (Å²) >= 11 is 0. The molecule has 0 aliphatic carbocycles. The van der Waals surface area contributed by atoms with Crippen LogP contribution in [-0.4, -0.2) is 31.1 Å². The Morgan fingerprint density at radius 2 is 2.33 bits per heavy atom. The van der Waals surface area contributed by atoms with Gasteiger partial charge in [-0.15, -0.1) is 12.4 Å². The van der Waals surface area contributed by atoms with E-state index in [1.165, 1.54) is 0 Å². The van der Waals surface area contributed by atoms with Gasteiger partial charge >= 0.3 is 0 Å². The largest absolute Gasteiger partial charge is 0.396 e.